The van der Waals surface area contributed by atoms with Crippen LogP contribution in [0.5, 0.6) is 0 Å². The second-order valence-corrected chi connectivity index (χ2v) is 6.00. The summed E-state index contributed by atoms with van der Waals surface area (Å²) in [6, 6.07) is 4.61. The topological polar surface area (TPSA) is 68.0 Å². The molecule has 1 fully saturated rings. The highest BCUT2D eigenvalue weighted by molar-refractivity contribution is 5.91. The van der Waals surface area contributed by atoms with Gasteiger partial charge in [-0.2, -0.15) is 13.2 Å². The Labute approximate surface area is 139 Å². The van der Waals surface area contributed by atoms with E-state index in [4.69, 9.17) is 5.11 Å². The zero-order valence-corrected chi connectivity index (χ0v) is 12.7. The summed E-state index contributed by atoms with van der Waals surface area (Å²) in [7, 11) is 0. The normalized spacial score (nSPS) is 20.0. The lowest BCUT2D eigenvalue weighted by molar-refractivity contribution is -0.139. The van der Waals surface area contributed by atoms with Crippen LogP contribution >= 0.6 is 0 Å². The van der Waals surface area contributed by atoms with E-state index in [2.05, 4.69) is 9.97 Å². The quantitative estimate of drug-likeness (QED) is 0.783. The molecule has 1 unspecified atom stereocenters. The lowest BCUT2D eigenvalue weighted by Crippen LogP contribution is -2.04. The summed E-state index contributed by atoms with van der Waals surface area (Å²) in [4.78, 5) is 19.7. The number of carboxylic acids is 1. The van der Waals surface area contributed by atoms with Crippen LogP contribution in [0, 0.1) is 5.92 Å². The van der Waals surface area contributed by atoms with Crippen LogP contribution in [-0.4, -0.2) is 25.6 Å². The molecule has 1 aromatic carbocycles. The SMILES string of the molecule is O=C(O)[C@@H]1CC1n1cc(-c2ccc(C(F)(F)F)cc2)c2nccnc21. The molecular weight excluding hydrogens is 335 g/mol. The van der Waals surface area contributed by atoms with Gasteiger partial charge in [0.05, 0.1) is 11.5 Å². The number of carboxylic acid groups (broad SMARTS) is 1. The maximum atomic E-state index is 12.7. The Balaban J connectivity index is 1.79. The van der Waals surface area contributed by atoms with Gasteiger partial charge >= 0.3 is 12.1 Å². The molecule has 3 aromatic rings. The maximum absolute atomic E-state index is 12.7. The Morgan fingerprint density at radius 1 is 1.16 bits per heavy atom. The fraction of sp³-hybridized carbons (Fsp3) is 0.235. The summed E-state index contributed by atoms with van der Waals surface area (Å²) in [5.74, 6) is -1.34. The smallest absolute Gasteiger partial charge is 0.416 e. The molecule has 0 amide bonds. The second-order valence-electron chi connectivity index (χ2n) is 6.00. The molecule has 1 N–H and O–H groups in total. The number of alkyl halides is 3. The van der Waals surface area contributed by atoms with Crippen LogP contribution in [0.3, 0.4) is 0 Å². The summed E-state index contributed by atoms with van der Waals surface area (Å²) in [6.45, 7) is 0. The molecule has 4 rings (SSSR count). The highest BCUT2D eigenvalue weighted by Gasteiger charge is 2.45. The van der Waals surface area contributed by atoms with Crippen molar-refractivity contribution in [3.8, 4) is 11.1 Å². The molecule has 2 atom stereocenters. The van der Waals surface area contributed by atoms with Crippen molar-refractivity contribution in [2.75, 3.05) is 0 Å². The molecule has 0 spiro atoms. The van der Waals surface area contributed by atoms with Crippen LogP contribution in [0.25, 0.3) is 22.3 Å². The largest absolute Gasteiger partial charge is 0.481 e. The standard InChI is InChI=1S/C17H12F3N3O2/c18-17(19,20)10-3-1-9(2-4-10)12-8-23(13-7-11(13)16(24)25)15-14(12)21-5-6-22-15/h1-6,8,11,13H,7H2,(H,24,25)/t11-,13?/m1/s1. The van der Waals surface area contributed by atoms with Crippen LogP contribution in [0.2, 0.25) is 0 Å². The molecule has 128 valence electrons. The van der Waals surface area contributed by atoms with Crippen LogP contribution in [-0.2, 0) is 11.0 Å². The first-order valence-electron chi connectivity index (χ1n) is 7.58. The van der Waals surface area contributed by atoms with Crippen molar-refractivity contribution in [3.63, 3.8) is 0 Å². The fourth-order valence-corrected chi connectivity index (χ4v) is 3.03. The van der Waals surface area contributed by atoms with E-state index in [-0.39, 0.29) is 6.04 Å². The zero-order chi connectivity index (χ0) is 17.8. The molecule has 0 aliphatic heterocycles. The van der Waals surface area contributed by atoms with E-state index in [0.717, 1.165) is 12.1 Å². The summed E-state index contributed by atoms with van der Waals surface area (Å²) in [6.07, 6.45) is 0.841. The zero-order valence-electron chi connectivity index (χ0n) is 12.7. The number of carbonyl (C=O) groups is 1. The third kappa shape index (κ3) is 2.63. The first kappa shape index (κ1) is 15.6. The summed E-state index contributed by atoms with van der Waals surface area (Å²) >= 11 is 0. The highest BCUT2D eigenvalue weighted by atomic mass is 19.4. The highest BCUT2D eigenvalue weighted by Crippen LogP contribution is 2.46. The Morgan fingerprint density at radius 3 is 2.44 bits per heavy atom. The molecule has 25 heavy (non-hydrogen) atoms. The van der Waals surface area contributed by atoms with Crippen molar-refractivity contribution in [1.29, 1.82) is 0 Å². The van der Waals surface area contributed by atoms with Crippen LogP contribution in [0.4, 0.5) is 13.2 Å². The van der Waals surface area contributed by atoms with E-state index in [1.54, 1.807) is 10.8 Å². The number of halogens is 3. The Bertz CT molecular complexity index is 963. The van der Waals surface area contributed by atoms with Gasteiger partial charge in [0.1, 0.15) is 5.52 Å². The van der Waals surface area contributed by atoms with Gasteiger partial charge in [-0.25, -0.2) is 4.98 Å². The molecule has 0 saturated heterocycles. The number of hydrogen-bond acceptors (Lipinski definition) is 3. The monoisotopic (exact) mass is 347 g/mol. The molecule has 0 radical (unpaired) electrons. The van der Waals surface area contributed by atoms with Crippen molar-refractivity contribution in [1.82, 2.24) is 14.5 Å². The first-order chi connectivity index (χ1) is 11.9. The van der Waals surface area contributed by atoms with Crippen molar-refractivity contribution in [2.24, 2.45) is 5.92 Å². The van der Waals surface area contributed by atoms with E-state index in [1.807, 2.05) is 0 Å². The van der Waals surface area contributed by atoms with Gasteiger partial charge in [0, 0.05) is 30.2 Å². The van der Waals surface area contributed by atoms with Gasteiger partial charge in [-0.3, -0.25) is 9.78 Å². The minimum absolute atomic E-state index is 0.208. The summed E-state index contributed by atoms with van der Waals surface area (Å²) in [5.41, 5.74) is 1.56. The van der Waals surface area contributed by atoms with E-state index in [9.17, 15) is 18.0 Å². The second kappa shape index (κ2) is 5.30. The Hall–Kier alpha value is -2.90. The van der Waals surface area contributed by atoms with E-state index in [0.29, 0.717) is 28.7 Å². The summed E-state index contributed by atoms with van der Waals surface area (Å²) < 4.78 is 39.9. The van der Waals surface area contributed by atoms with Crippen molar-refractivity contribution < 1.29 is 23.1 Å². The number of benzene rings is 1. The average molecular weight is 347 g/mol. The Morgan fingerprint density at radius 2 is 1.84 bits per heavy atom. The van der Waals surface area contributed by atoms with Crippen molar-refractivity contribution >= 4 is 17.1 Å². The van der Waals surface area contributed by atoms with Crippen LogP contribution < -0.4 is 0 Å². The number of aromatic nitrogens is 3. The average Bonchev–Trinajstić information content (AvgIpc) is 3.29. The molecule has 1 aliphatic carbocycles. The van der Waals surface area contributed by atoms with Crippen LogP contribution in [0.15, 0.2) is 42.9 Å². The van der Waals surface area contributed by atoms with E-state index >= 15 is 0 Å². The molecule has 0 bridgehead atoms. The molecule has 2 heterocycles. The van der Waals surface area contributed by atoms with Gasteiger partial charge in [0.15, 0.2) is 5.65 Å². The fourth-order valence-electron chi connectivity index (χ4n) is 3.03. The third-order valence-corrected chi connectivity index (χ3v) is 4.40. The predicted octanol–water partition coefficient (Wildman–Crippen LogP) is 3.76. The third-order valence-electron chi connectivity index (χ3n) is 4.40. The number of nitrogens with zero attached hydrogens (tertiary/aromatic N) is 3. The summed E-state index contributed by atoms with van der Waals surface area (Å²) in [5, 5.41) is 9.13. The minimum atomic E-state index is -4.39. The molecule has 2 aromatic heterocycles. The lowest BCUT2D eigenvalue weighted by atomic mass is 10.1. The van der Waals surface area contributed by atoms with Gasteiger partial charge in [0.25, 0.3) is 0 Å². The maximum Gasteiger partial charge on any atom is 0.416 e. The van der Waals surface area contributed by atoms with Crippen LogP contribution in [0.1, 0.15) is 18.0 Å². The number of aliphatic carboxylic acids is 1. The van der Waals surface area contributed by atoms with Gasteiger partial charge < -0.3 is 9.67 Å². The van der Waals surface area contributed by atoms with E-state index in [1.165, 1.54) is 24.5 Å². The number of hydrogen-bond donors (Lipinski definition) is 1. The molecule has 1 saturated carbocycles. The molecular formula is C17H12F3N3O2. The first-order valence-corrected chi connectivity index (χ1v) is 7.58. The van der Waals surface area contributed by atoms with Crippen molar-refractivity contribution in [2.45, 2.75) is 18.6 Å². The van der Waals surface area contributed by atoms with E-state index < -0.39 is 23.6 Å². The number of rotatable bonds is 3. The molecule has 8 heteroatoms. The van der Waals surface area contributed by atoms with Gasteiger partial charge in [-0.15, -0.1) is 0 Å². The van der Waals surface area contributed by atoms with Gasteiger partial charge in [-0.1, -0.05) is 12.1 Å². The van der Waals surface area contributed by atoms with Gasteiger partial charge in [-0.05, 0) is 24.1 Å². The van der Waals surface area contributed by atoms with Gasteiger partial charge in [0.2, 0.25) is 0 Å². The predicted molar refractivity (Wildman–Crippen MR) is 82.7 cm³/mol. The van der Waals surface area contributed by atoms with Crippen molar-refractivity contribution in [3.05, 3.63) is 48.4 Å². The Kier molecular flexibility index (Phi) is 3.31. The number of fused-ring (bicyclic) bond motifs is 1. The minimum Gasteiger partial charge on any atom is -0.481 e. The lowest BCUT2D eigenvalue weighted by Gasteiger charge is -2.07. The molecule has 5 nitrogen and oxygen atoms in total. The molecule has 1 aliphatic rings.